The molecule has 94 valence electrons. The summed E-state index contributed by atoms with van der Waals surface area (Å²) in [6, 6.07) is 10.3. The van der Waals surface area contributed by atoms with Gasteiger partial charge in [-0.05, 0) is 37.3 Å². The number of hydrogen-bond acceptors (Lipinski definition) is 4. The van der Waals surface area contributed by atoms with Crippen LogP contribution in [0.25, 0.3) is 0 Å². The third-order valence-corrected chi connectivity index (χ3v) is 2.45. The Morgan fingerprint density at radius 1 is 1.22 bits per heavy atom. The molecule has 0 atom stereocenters. The van der Waals surface area contributed by atoms with Gasteiger partial charge in [-0.2, -0.15) is 5.10 Å². The molecule has 0 bridgehead atoms. The van der Waals surface area contributed by atoms with Crippen LogP contribution in [0.2, 0.25) is 0 Å². The summed E-state index contributed by atoms with van der Waals surface area (Å²) in [5.74, 6) is 0.727. The first kappa shape index (κ1) is 12.2. The van der Waals surface area contributed by atoms with Crippen molar-refractivity contribution in [3.63, 3.8) is 0 Å². The SMILES string of the molecule is Cc1ccc(=O)n(CCOc2ccc(N)cc2)n1. The second-order valence-corrected chi connectivity index (χ2v) is 3.95. The summed E-state index contributed by atoms with van der Waals surface area (Å²) in [6.07, 6.45) is 0. The highest BCUT2D eigenvalue weighted by Gasteiger charge is 1.99. The average molecular weight is 245 g/mol. The Kier molecular flexibility index (Phi) is 3.62. The molecule has 0 radical (unpaired) electrons. The first-order chi connectivity index (χ1) is 8.65. The Bertz CT molecular complexity index is 576. The lowest BCUT2D eigenvalue weighted by Crippen LogP contribution is -2.25. The van der Waals surface area contributed by atoms with Crippen LogP contribution in [-0.4, -0.2) is 16.4 Å². The molecule has 0 spiro atoms. The van der Waals surface area contributed by atoms with E-state index in [-0.39, 0.29) is 5.56 Å². The molecule has 1 aromatic carbocycles. The maximum absolute atomic E-state index is 11.5. The second-order valence-electron chi connectivity index (χ2n) is 3.95. The number of nitrogen functional groups attached to an aromatic ring is 1. The van der Waals surface area contributed by atoms with Gasteiger partial charge in [0.15, 0.2) is 0 Å². The minimum Gasteiger partial charge on any atom is -0.492 e. The number of nitrogens with zero attached hydrogens (tertiary/aromatic N) is 2. The number of nitrogens with two attached hydrogens (primary N) is 1. The molecule has 0 aliphatic heterocycles. The fraction of sp³-hybridized carbons (Fsp3) is 0.231. The Balaban J connectivity index is 1.94. The Morgan fingerprint density at radius 3 is 2.67 bits per heavy atom. The van der Waals surface area contributed by atoms with E-state index in [1.165, 1.54) is 10.7 Å². The molecule has 5 nitrogen and oxygen atoms in total. The number of aromatic nitrogens is 2. The number of aryl methyl sites for hydroxylation is 1. The van der Waals surface area contributed by atoms with E-state index in [0.717, 1.165) is 11.4 Å². The fourth-order valence-electron chi connectivity index (χ4n) is 1.53. The molecule has 0 aliphatic rings. The van der Waals surface area contributed by atoms with Crippen molar-refractivity contribution in [1.82, 2.24) is 9.78 Å². The summed E-state index contributed by atoms with van der Waals surface area (Å²) in [5, 5.41) is 4.12. The van der Waals surface area contributed by atoms with Crippen molar-refractivity contribution >= 4 is 5.69 Å². The maximum Gasteiger partial charge on any atom is 0.266 e. The van der Waals surface area contributed by atoms with Gasteiger partial charge in [-0.25, -0.2) is 4.68 Å². The van der Waals surface area contributed by atoms with Crippen molar-refractivity contribution in [2.24, 2.45) is 0 Å². The van der Waals surface area contributed by atoms with Crippen LogP contribution in [0, 0.1) is 6.92 Å². The molecule has 2 N–H and O–H groups in total. The van der Waals surface area contributed by atoms with Crippen molar-refractivity contribution in [3.8, 4) is 5.75 Å². The minimum absolute atomic E-state index is 0.124. The molecule has 0 saturated carbocycles. The van der Waals surface area contributed by atoms with Crippen molar-refractivity contribution in [2.45, 2.75) is 13.5 Å². The van der Waals surface area contributed by atoms with Gasteiger partial charge in [-0.15, -0.1) is 0 Å². The molecule has 0 unspecified atom stereocenters. The average Bonchev–Trinajstić information content (AvgIpc) is 2.36. The monoisotopic (exact) mass is 245 g/mol. The molecule has 1 heterocycles. The molecule has 18 heavy (non-hydrogen) atoms. The van der Waals surface area contributed by atoms with Crippen molar-refractivity contribution in [3.05, 3.63) is 52.4 Å². The van der Waals surface area contributed by atoms with E-state index in [2.05, 4.69) is 5.10 Å². The summed E-state index contributed by atoms with van der Waals surface area (Å²) in [4.78, 5) is 11.5. The topological polar surface area (TPSA) is 70.1 Å². The molecule has 5 heteroatoms. The first-order valence-electron chi connectivity index (χ1n) is 5.68. The zero-order valence-corrected chi connectivity index (χ0v) is 10.2. The molecule has 0 saturated heterocycles. The first-order valence-corrected chi connectivity index (χ1v) is 5.68. The molecule has 1 aromatic heterocycles. The van der Waals surface area contributed by atoms with E-state index in [0.29, 0.717) is 18.8 Å². The quantitative estimate of drug-likeness (QED) is 0.822. The summed E-state index contributed by atoms with van der Waals surface area (Å²) in [5.41, 5.74) is 6.95. The van der Waals surface area contributed by atoms with Crippen molar-refractivity contribution in [1.29, 1.82) is 0 Å². The highest BCUT2D eigenvalue weighted by Crippen LogP contribution is 2.12. The Hall–Kier alpha value is -2.30. The van der Waals surface area contributed by atoms with E-state index in [9.17, 15) is 4.79 Å². The number of rotatable bonds is 4. The van der Waals surface area contributed by atoms with Crippen LogP contribution >= 0.6 is 0 Å². The van der Waals surface area contributed by atoms with Gasteiger partial charge in [0.05, 0.1) is 12.2 Å². The van der Waals surface area contributed by atoms with E-state index in [4.69, 9.17) is 10.5 Å². The van der Waals surface area contributed by atoms with E-state index >= 15 is 0 Å². The number of ether oxygens (including phenoxy) is 1. The zero-order chi connectivity index (χ0) is 13.0. The van der Waals surface area contributed by atoms with Crippen LogP contribution < -0.4 is 16.0 Å². The van der Waals surface area contributed by atoms with Gasteiger partial charge in [-0.1, -0.05) is 0 Å². The van der Waals surface area contributed by atoms with Crippen LogP contribution in [0.1, 0.15) is 5.69 Å². The minimum atomic E-state index is -0.124. The fourth-order valence-corrected chi connectivity index (χ4v) is 1.53. The summed E-state index contributed by atoms with van der Waals surface area (Å²) in [6.45, 7) is 2.65. The number of hydrogen-bond donors (Lipinski definition) is 1. The molecular weight excluding hydrogens is 230 g/mol. The zero-order valence-electron chi connectivity index (χ0n) is 10.2. The Morgan fingerprint density at radius 2 is 1.94 bits per heavy atom. The highest BCUT2D eigenvalue weighted by atomic mass is 16.5. The van der Waals surface area contributed by atoms with Gasteiger partial charge < -0.3 is 10.5 Å². The summed E-state index contributed by atoms with van der Waals surface area (Å²) in [7, 11) is 0. The predicted octanol–water partition coefficient (Wildman–Crippen LogP) is 1.21. The van der Waals surface area contributed by atoms with Gasteiger partial charge in [0.2, 0.25) is 0 Å². The van der Waals surface area contributed by atoms with E-state index < -0.39 is 0 Å². The highest BCUT2D eigenvalue weighted by molar-refractivity contribution is 5.41. The van der Waals surface area contributed by atoms with Crippen LogP contribution in [-0.2, 0) is 6.54 Å². The largest absolute Gasteiger partial charge is 0.492 e. The molecule has 0 amide bonds. The summed E-state index contributed by atoms with van der Waals surface area (Å²) < 4.78 is 6.90. The smallest absolute Gasteiger partial charge is 0.266 e. The van der Waals surface area contributed by atoms with Crippen LogP contribution in [0.15, 0.2) is 41.2 Å². The van der Waals surface area contributed by atoms with E-state index in [1.54, 1.807) is 30.3 Å². The lowest BCUT2D eigenvalue weighted by Gasteiger charge is -2.08. The van der Waals surface area contributed by atoms with Gasteiger partial charge in [-0.3, -0.25) is 4.79 Å². The van der Waals surface area contributed by atoms with Crippen LogP contribution in [0.5, 0.6) is 5.75 Å². The third-order valence-electron chi connectivity index (χ3n) is 2.45. The van der Waals surface area contributed by atoms with Gasteiger partial charge in [0, 0.05) is 11.8 Å². The van der Waals surface area contributed by atoms with Crippen molar-refractivity contribution < 1.29 is 4.74 Å². The molecular formula is C13H15N3O2. The van der Waals surface area contributed by atoms with Gasteiger partial charge in [0.25, 0.3) is 5.56 Å². The van der Waals surface area contributed by atoms with E-state index in [1.807, 2.05) is 6.92 Å². The van der Waals surface area contributed by atoms with Gasteiger partial charge in [0.1, 0.15) is 12.4 Å². The Labute approximate surface area is 105 Å². The number of anilines is 1. The lowest BCUT2D eigenvalue weighted by molar-refractivity contribution is 0.287. The maximum atomic E-state index is 11.5. The predicted molar refractivity (Wildman–Crippen MR) is 69.6 cm³/mol. The summed E-state index contributed by atoms with van der Waals surface area (Å²) >= 11 is 0. The molecule has 0 fully saturated rings. The van der Waals surface area contributed by atoms with Crippen molar-refractivity contribution in [2.75, 3.05) is 12.3 Å². The van der Waals surface area contributed by atoms with Crippen LogP contribution in [0.4, 0.5) is 5.69 Å². The number of benzene rings is 1. The molecule has 2 aromatic rings. The van der Waals surface area contributed by atoms with Crippen LogP contribution in [0.3, 0.4) is 0 Å². The van der Waals surface area contributed by atoms with Gasteiger partial charge >= 0.3 is 0 Å². The molecule has 2 rings (SSSR count). The molecule has 0 aliphatic carbocycles. The lowest BCUT2D eigenvalue weighted by atomic mass is 10.3. The normalized spacial score (nSPS) is 10.3. The standard InChI is InChI=1S/C13H15N3O2/c1-10-2-7-13(17)16(15-10)8-9-18-12-5-3-11(14)4-6-12/h2-7H,8-9,14H2,1H3. The third kappa shape index (κ3) is 3.10. The second kappa shape index (κ2) is 5.35.